The van der Waals surface area contributed by atoms with Gasteiger partial charge >= 0.3 is 0 Å². The van der Waals surface area contributed by atoms with Crippen molar-refractivity contribution < 1.29 is 9.47 Å². The zero-order valence-electron chi connectivity index (χ0n) is 14.7. The van der Waals surface area contributed by atoms with Crippen molar-refractivity contribution in [3.05, 3.63) is 0 Å². The van der Waals surface area contributed by atoms with Crippen LogP contribution < -0.4 is 0 Å². The molecule has 0 radical (unpaired) electrons. The van der Waals surface area contributed by atoms with Crippen molar-refractivity contribution in [3.8, 4) is 0 Å². The number of rotatable bonds is 6. The van der Waals surface area contributed by atoms with Gasteiger partial charge < -0.3 is 9.47 Å². The van der Waals surface area contributed by atoms with Gasteiger partial charge in [-0.25, -0.2) is 0 Å². The lowest BCUT2D eigenvalue weighted by molar-refractivity contribution is -0.165. The van der Waals surface area contributed by atoms with Crippen LogP contribution in [-0.4, -0.2) is 41.3 Å². The van der Waals surface area contributed by atoms with Crippen LogP contribution in [0.5, 0.6) is 0 Å². The Morgan fingerprint density at radius 3 is 1.67 bits per heavy atom. The molecule has 0 aromatic heterocycles. The number of ether oxygens (including phenoxy) is 2. The van der Waals surface area contributed by atoms with E-state index >= 15 is 0 Å². The highest BCUT2D eigenvalue weighted by Crippen LogP contribution is 2.48. The van der Waals surface area contributed by atoms with Crippen molar-refractivity contribution in [2.24, 2.45) is 0 Å². The second-order valence-corrected chi connectivity index (χ2v) is 14.7. The molecule has 0 aromatic rings. The molecule has 0 spiro atoms. The molecular weight excluding hydrogens is 292 g/mol. The fraction of sp³-hybridized carbons (Fsp3) is 1.00. The molecule has 0 aromatic carbocycles. The zero-order valence-corrected chi connectivity index (χ0v) is 17.1. The van der Waals surface area contributed by atoms with Crippen LogP contribution in [0.25, 0.3) is 0 Å². The summed E-state index contributed by atoms with van der Waals surface area (Å²) in [6.07, 6.45) is 7.82. The molecular formula is C17H36O2Si2. The summed E-state index contributed by atoms with van der Waals surface area (Å²) in [5.41, 5.74) is 0. The van der Waals surface area contributed by atoms with Crippen LogP contribution in [0.15, 0.2) is 0 Å². The molecule has 2 nitrogen and oxygen atoms in total. The molecule has 3 unspecified atom stereocenters. The van der Waals surface area contributed by atoms with Gasteiger partial charge in [-0.3, -0.25) is 0 Å². The predicted octanol–water partition coefficient (Wildman–Crippen LogP) is 4.09. The van der Waals surface area contributed by atoms with Gasteiger partial charge in [0.15, 0.2) is 0 Å². The maximum Gasteiger partial charge on any atom is 0.0802 e. The van der Waals surface area contributed by atoms with E-state index in [1.54, 1.807) is 0 Å². The van der Waals surface area contributed by atoms with Gasteiger partial charge in [0.2, 0.25) is 0 Å². The molecule has 3 atom stereocenters. The van der Waals surface area contributed by atoms with E-state index in [-0.39, 0.29) is 10.4 Å². The van der Waals surface area contributed by atoms with Gasteiger partial charge in [0.1, 0.15) is 0 Å². The van der Waals surface area contributed by atoms with Crippen LogP contribution in [0.4, 0.5) is 0 Å². The molecule has 124 valence electrons. The molecule has 2 saturated heterocycles. The van der Waals surface area contributed by atoms with Crippen molar-refractivity contribution in [2.75, 3.05) is 13.2 Å². The summed E-state index contributed by atoms with van der Waals surface area (Å²) in [7, 11) is -1.87. The molecule has 2 rings (SSSR count). The Labute approximate surface area is 135 Å². The highest BCUT2D eigenvalue weighted by Gasteiger charge is 2.59. The predicted molar refractivity (Wildman–Crippen MR) is 96.7 cm³/mol. The zero-order chi connectivity index (χ0) is 15.3. The van der Waals surface area contributed by atoms with Crippen molar-refractivity contribution in [1.29, 1.82) is 0 Å². The van der Waals surface area contributed by atoms with Gasteiger partial charge in [-0.15, -0.1) is 0 Å². The number of hydrogen-bond acceptors (Lipinski definition) is 2. The van der Waals surface area contributed by atoms with E-state index in [9.17, 15) is 0 Å². The molecule has 21 heavy (non-hydrogen) atoms. The van der Waals surface area contributed by atoms with Crippen LogP contribution in [0, 0.1) is 0 Å². The SMILES string of the molecule is CC[SiH](C)C1(C2([SiH](CC)CC)CCCCO2)CCCCO1. The van der Waals surface area contributed by atoms with Gasteiger partial charge in [-0.05, 0) is 38.5 Å². The first-order chi connectivity index (χ1) is 10.2. The lowest BCUT2D eigenvalue weighted by Gasteiger charge is -2.59. The quantitative estimate of drug-likeness (QED) is 0.684. The first-order valence-corrected chi connectivity index (χ1v) is 14.2. The van der Waals surface area contributed by atoms with E-state index < -0.39 is 17.6 Å². The Kier molecular flexibility index (Phi) is 6.54. The van der Waals surface area contributed by atoms with Crippen LogP contribution in [0.2, 0.25) is 24.7 Å². The fourth-order valence-corrected chi connectivity index (χ4v) is 13.2. The minimum absolute atomic E-state index is 0.156. The molecule has 0 saturated carbocycles. The summed E-state index contributed by atoms with van der Waals surface area (Å²) < 4.78 is 13.5. The van der Waals surface area contributed by atoms with E-state index in [1.165, 1.54) is 56.7 Å². The van der Waals surface area contributed by atoms with Gasteiger partial charge in [-0.1, -0.05) is 45.5 Å². The van der Waals surface area contributed by atoms with Crippen LogP contribution in [0.1, 0.15) is 59.3 Å². The largest absolute Gasteiger partial charge is 0.376 e. The molecule has 2 heterocycles. The van der Waals surface area contributed by atoms with Gasteiger partial charge in [-0.2, -0.15) is 0 Å². The normalized spacial score (nSPS) is 35.9. The molecule has 4 heteroatoms. The third-order valence-electron chi connectivity index (χ3n) is 6.37. The summed E-state index contributed by atoms with van der Waals surface area (Å²) in [5, 5.41) is 0.320. The number of hydrogen-bond donors (Lipinski definition) is 0. The van der Waals surface area contributed by atoms with E-state index in [1.807, 2.05) is 0 Å². The van der Waals surface area contributed by atoms with E-state index in [0.717, 1.165) is 13.2 Å². The second kappa shape index (κ2) is 7.76. The van der Waals surface area contributed by atoms with Gasteiger partial charge in [0, 0.05) is 13.2 Å². The van der Waals surface area contributed by atoms with Crippen molar-refractivity contribution >= 4 is 17.6 Å². The van der Waals surface area contributed by atoms with Crippen molar-refractivity contribution in [3.63, 3.8) is 0 Å². The standard InChI is InChI=1S/C17H36O2Si2/c1-5-20(4)16(12-8-10-14-18-16)17(21(6-2)7-3)13-9-11-15-19-17/h20-21H,5-15H2,1-4H3. The Balaban J connectivity index is 2.43. The summed E-state index contributed by atoms with van der Waals surface area (Å²) in [6, 6.07) is 4.08. The van der Waals surface area contributed by atoms with Crippen molar-refractivity contribution in [1.82, 2.24) is 0 Å². The van der Waals surface area contributed by atoms with Crippen LogP contribution >= 0.6 is 0 Å². The first kappa shape index (κ1) is 17.7. The topological polar surface area (TPSA) is 18.5 Å². The maximum absolute atomic E-state index is 6.75. The molecule has 0 aliphatic carbocycles. The second-order valence-electron chi connectivity index (χ2n) is 7.21. The lowest BCUT2D eigenvalue weighted by Crippen LogP contribution is -2.72. The van der Waals surface area contributed by atoms with Crippen LogP contribution in [-0.2, 0) is 9.47 Å². The highest BCUT2D eigenvalue weighted by atomic mass is 28.3. The van der Waals surface area contributed by atoms with E-state index in [0.29, 0.717) is 0 Å². The van der Waals surface area contributed by atoms with E-state index in [4.69, 9.17) is 9.47 Å². The average molecular weight is 329 g/mol. The summed E-state index contributed by atoms with van der Waals surface area (Å²) in [4.78, 5) is 0. The lowest BCUT2D eigenvalue weighted by atomic mass is 9.96. The summed E-state index contributed by atoms with van der Waals surface area (Å²) in [6.45, 7) is 11.7. The fourth-order valence-electron chi connectivity index (χ4n) is 5.05. The first-order valence-electron chi connectivity index (χ1n) is 9.44. The van der Waals surface area contributed by atoms with Gasteiger partial charge in [0.25, 0.3) is 0 Å². The molecule has 0 bridgehead atoms. The maximum atomic E-state index is 6.75. The monoisotopic (exact) mass is 328 g/mol. The summed E-state index contributed by atoms with van der Waals surface area (Å²) in [5.74, 6) is 0. The average Bonchev–Trinajstić information content (AvgIpc) is 2.56. The smallest absolute Gasteiger partial charge is 0.0802 e. The molecule has 0 amide bonds. The summed E-state index contributed by atoms with van der Waals surface area (Å²) >= 11 is 0. The van der Waals surface area contributed by atoms with E-state index in [2.05, 4.69) is 27.3 Å². The highest BCUT2D eigenvalue weighted by molar-refractivity contribution is 6.68. The van der Waals surface area contributed by atoms with Crippen LogP contribution in [0.3, 0.4) is 0 Å². The third kappa shape index (κ3) is 3.06. The molecule has 2 aliphatic rings. The minimum Gasteiger partial charge on any atom is -0.376 e. The minimum atomic E-state index is -0.935. The molecule has 2 aliphatic heterocycles. The Morgan fingerprint density at radius 1 is 0.762 bits per heavy atom. The third-order valence-corrected chi connectivity index (χ3v) is 14.7. The van der Waals surface area contributed by atoms with Gasteiger partial charge in [0.05, 0.1) is 28.0 Å². The Hall–Kier alpha value is 0.354. The molecule has 0 N–H and O–H groups in total. The molecule has 2 fully saturated rings. The Bertz CT molecular complexity index is 306. The Morgan fingerprint density at radius 2 is 1.29 bits per heavy atom. The van der Waals surface area contributed by atoms with Crippen molar-refractivity contribution in [2.45, 2.75) is 94.4 Å².